The monoisotopic (exact) mass is 507 g/mol. The van der Waals surface area contributed by atoms with Crippen LogP contribution in [0.3, 0.4) is 0 Å². The Morgan fingerprint density at radius 3 is 2.26 bits per heavy atom. The molecule has 0 saturated heterocycles. The maximum atomic E-state index is 13.1. The van der Waals surface area contributed by atoms with Gasteiger partial charge in [-0.15, -0.1) is 0 Å². The number of amides is 1. The van der Waals surface area contributed by atoms with Crippen molar-refractivity contribution < 1.29 is 31.6 Å². The van der Waals surface area contributed by atoms with Gasteiger partial charge in [0, 0.05) is 11.3 Å². The molecule has 3 rings (SSSR count). The number of hydrogen-bond donors (Lipinski definition) is 1. The first-order valence-electron chi connectivity index (χ1n) is 11.2. The highest BCUT2D eigenvalue weighted by Crippen LogP contribution is 2.46. The third-order valence-corrected chi connectivity index (χ3v) is 9.67. The fraction of sp³-hybridized carbons (Fsp3) is 0.417. The number of ketones is 1. The minimum absolute atomic E-state index is 0.0613. The van der Waals surface area contributed by atoms with Gasteiger partial charge in [0.1, 0.15) is 11.0 Å². The Morgan fingerprint density at radius 2 is 1.71 bits per heavy atom. The van der Waals surface area contributed by atoms with Crippen LogP contribution in [0.25, 0.3) is 0 Å². The van der Waals surface area contributed by atoms with Gasteiger partial charge in [-0.2, -0.15) is 0 Å². The molecule has 34 heavy (non-hydrogen) atoms. The molecule has 1 amide bonds. The molecule has 1 atom stereocenters. The summed E-state index contributed by atoms with van der Waals surface area (Å²) < 4.78 is 49.5. The number of sulfone groups is 1. The van der Waals surface area contributed by atoms with Crippen molar-refractivity contribution in [1.82, 2.24) is 0 Å². The average molecular weight is 508 g/mol. The van der Waals surface area contributed by atoms with Gasteiger partial charge in [0.2, 0.25) is 5.91 Å². The lowest BCUT2D eigenvalue weighted by Crippen LogP contribution is -2.38. The molecule has 1 N–H and O–H groups in total. The molecule has 0 radical (unpaired) electrons. The summed E-state index contributed by atoms with van der Waals surface area (Å²) in [6, 6.07) is 11.3. The molecule has 1 aliphatic rings. The molecule has 1 aliphatic heterocycles. The summed E-state index contributed by atoms with van der Waals surface area (Å²) in [5, 5.41) is 1.56. The fourth-order valence-electron chi connectivity index (χ4n) is 4.04. The van der Waals surface area contributed by atoms with Crippen LogP contribution in [0.15, 0.2) is 42.5 Å². The molecule has 10 heteroatoms. The van der Waals surface area contributed by atoms with Crippen LogP contribution in [0.5, 0.6) is 0 Å². The summed E-state index contributed by atoms with van der Waals surface area (Å²) in [4.78, 5) is 25.8. The van der Waals surface area contributed by atoms with Gasteiger partial charge < -0.3 is 14.4 Å². The van der Waals surface area contributed by atoms with Crippen LogP contribution < -0.4 is 10.6 Å². The van der Waals surface area contributed by atoms with Gasteiger partial charge in [0.15, 0.2) is 15.6 Å². The third kappa shape index (κ3) is 5.49. The summed E-state index contributed by atoms with van der Waals surface area (Å²) in [6.45, 7) is 7.74. The van der Waals surface area contributed by atoms with Gasteiger partial charge in [0.25, 0.3) is 0 Å². The predicted octanol–water partition coefficient (Wildman–Crippen LogP) is 3.86. The molecular formula is C24H30NO7PS. The first kappa shape index (κ1) is 26.3. The Kier molecular flexibility index (Phi) is 8.14. The first-order chi connectivity index (χ1) is 16.0. The van der Waals surface area contributed by atoms with E-state index in [4.69, 9.17) is 9.05 Å². The molecule has 0 bridgehead atoms. The number of hydrogen-bond acceptors (Lipinski definition) is 7. The lowest BCUT2D eigenvalue weighted by Gasteiger charge is -2.19. The van der Waals surface area contributed by atoms with Crippen molar-refractivity contribution in [3.8, 4) is 0 Å². The second-order valence-corrected chi connectivity index (χ2v) is 12.5. The van der Waals surface area contributed by atoms with E-state index in [0.29, 0.717) is 22.1 Å². The molecule has 0 aromatic heterocycles. The van der Waals surface area contributed by atoms with E-state index in [1.807, 2.05) is 19.9 Å². The van der Waals surface area contributed by atoms with Crippen LogP contribution in [-0.4, -0.2) is 44.3 Å². The molecule has 0 saturated carbocycles. The normalized spacial score (nSPS) is 17.8. The maximum Gasteiger partial charge on any atom is 0.361 e. The van der Waals surface area contributed by atoms with Gasteiger partial charge >= 0.3 is 7.60 Å². The average Bonchev–Trinajstić information content (AvgIpc) is 2.87. The fourth-order valence-corrected chi connectivity index (χ4v) is 7.13. The van der Waals surface area contributed by atoms with E-state index >= 15 is 0 Å². The van der Waals surface area contributed by atoms with E-state index in [0.717, 1.165) is 5.56 Å². The summed E-state index contributed by atoms with van der Waals surface area (Å²) in [6.07, 6.45) is -0.0778. The van der Waals surface area contributed by atoms with E-state index in [1.54, 1.807) is 26.0 Å². The SMILES string of the molecule is CCOP(=O)(OCC)c1ccc(NC(=O)C2Cc3c(cccc3C(C)C)C(=O)CS2(=O)=O)cc1. The topological polar surface area (TPSA) is 116 Å². The van der Waals surface area contributed by atoms with Gasteiger partial charge in [-0.05, 0) is 61.6 Å². The lowest BCUT2D eigenvalue weighted by atomic mass is 9.89. The number of Topliss-reactive ketones (excluding diaryl/α,β-unsaturated/α-hetero) is 1. The zero-order valence-corrected chi connectivity index (χ0v) is 21.4. The molecule has 184 valence electrons. The summed E-state index contributed by atoms with van der Waals surface area (Å²) in [5.74, 6) is -1.87. The lowest BCUT2D eigenvalue weighted by molar-refractivity contribution is -0.115. The van der Waals surface area contributed by atoms with Gasteiger partial charge in [-0.3, -0.25) is 14.2 Å². The van der Waals surface area contributed by atoms with Crippen LogP contribution in [0.1, 0.15) is 55.1 Å². The summed E-state index contributed by atoms with van der Waals surface area (Å²) in [7, 11) is -7.51. The third-order valence-electron chi connectivity index (χ3n) is 5.63. The van der Waals surface area contributed by atoms with Gasteiger partial charge in [0.05, 0.1) is 18.5 Å². The Morgan fingerprint density at radius 1 is 1.09 bits per heavy atom. The van der Waals surface area contributed by atoms with Gasteiger partial charge in [-0.25, -0.2) is 8.42 Å². The van der Waals surface area contributed by atoms with Crippen molar-refractivity contribution in [2.45, 2.75) is 45.3 Å². The highest BCUT2D eigenvalue weighted by Gasteiger charge is 2.39. The zero-order valence-electron chi connectivity index (χ0n) is 19.7. The van der Waals surface area contributed by atoms with Crippen LogP contribution in [-0.2, 0) is 34.7 Å². The molecule has 0 aliphatic carbocycles. The van der Waals surface area contributed by atoms with Crippen molar-refractivity contribution >= 4 is 40.1 Å². The van der Waals surface area contributed by atoms with Gasteiger partial charge in [-0.1, -0.05) is 32.0 Å². The van der Waals surface area contributed by atoms with Crippen molar-refractivity contribution in [3.05, 3.63) is 59.2 Å². The quantitative estimate of drug-likeness (QED) is 0.540. The predicted molar refractivity (Wildman–Crippen MR) is 132 cm³/mol. The van der Waals surface area contributed by atoms with E-state index in [1.165, 1.54) is 24.3 Å². The number of fused-ring (bicyclic) bond motifs is 1. The van der Waals surface area contributed by atoms with Crippen molar-refractivity contribution in [2.24, 2.45) is 0 Å². The molecule has 2 aromatic carbocycles. The Hall–Kier alpha value is -2.32. The Balaban J connectivity index is 1.89. The number of rotatable bonds is 8. The molecule has 1 heterocycles. The minimum atomic E-state index is -4.03. The maximum absolute atomic E-state index is 13.1. The van der Waals surface area contributed by atoms with E-state index in [-0.39, 0.29) is 25.6 Å². The second-order valence-electron chi connectivity index (χ2n) is 8.32. The highest BCUT2D eigenvalue weighted by atomic mass is 32.2. The number of carbonyl (C=O) groups excluding carboxylic acids is 2. The summed E-state index contributed by atoms with van der Waals surface area (Å²) in [5.41, 5.74) is 2.15. The Bertz CT molecular complexity index is 1210. The summed E-state index contributed by atoms with van der Waals surface area (Å²) >= 11 is 0. The zero-order chi connectivity index (χ0) is 25.1. The first-order valence-corrected chi connectivity index (χ1v) is 14.4. The molecule has 1 unspecified atom stereocenters. The van der Waals surface area contributed by atoms with E-state index < -0.39 is 40.1 Å². The number of anilines is 1. The standard InChI is InChI=1S/C24H30NO7PS/c1-5-31-33(28,32-6-2)18-12-10-17(11-13-18)25-24(27)23-14-21-19(16(3)4)8-7-9-20(21)22(26)15-34(23,29)30/h7-13,16,23H,5-6,14-15H2,1-4H3,(H,25,27). The van der Waals surface area contributed by atoms with E-state index in [9.17, 15) is 22.6 Å². The molecular weight excluding hydrogens is 477 g/mol. The molecule has 0 fully saturated rings. The molecule has 0 spiro atoms. The second kappa shape index (κ2) is 10.5. The van der Waals surface area contributed by atoms with Crippen molar-refractivity contribution in [2.75, 3.05) is 24.3 Å². The van der Waals surface area contributed by atoms with Crippen molar-refractivity contribution in [3.63, 3.8) is 0 Å². The number of benzene rings is 2. The largest absolute Gasteiger partial charge is 0.361 e. The number of nitrogens with one attached hydrogen (secondary N) is 1. The molecule has 2 aromatic rings. The number of carbonyl (C=O) groups is 2. The van der Waals surface area contributed by atoms with E-state index in [2.05, 4.69) is 5.32 Å². The van der Waals surface area contributed by atoms with Crippen LogP contribution in [0.2, 0.25) is 0 Å². The van der Waals surface area contributed by atoms with Crippen LogP contribution in [0.4, 0.5) is 5.69 Å². The minimum Gasteiger partial charge on any atom is -0.325 e. The van der Waals surface area contributed by atoms with Crippen molar-refractivity contribution in [1.29, 1.82) is 0 Å². The van der Waals surface area contributed by atoms with Crippen LogP contribution in [0, 0.1) is 0 Å². The van der Waals surface area contributed by atoms with Crippen LogP contribution >= 0.6 is 7.60 Å². The Labute approximate surface area is 200 Å². The highest BCUT2D eigenvalue weighted by molar-refractivity contribution is 7.93. The smallest absolute Gasteiger partial charge is 0.325 e. The molecule has 8 nitrogen and oxygen atoms in total.